The SMILES string of the molecule is [O-][S+](c1cccc2cnccc12)N1CCN(c2ccccc2)CC1. The van der Waals surface area contributed by atoms with E-state index in [1.807, 2.05) is 36.5 Å². The first-order valence-corrected chi connectivity index (χ1v) is 9.23. The number of anilines is 1. The summed E-state index contributed by atoms with van der Waals surface area (Å²) in [4.78, 5) is 7.38. The van der Waals surface area contributed by atoms with Gasteiger partial charge in [0.1, 0.15) is 0 Å². The van der Waals surface area contributed by atoms with Crippen molar-refractivity contribution in [2.75, 3.05) is 31.1 Å². The number of para-hydroxylation sites is 1. The molecule has 2 heterocycles. The number of fused-ring (bicyclic) bond motifs is 1. The highest BCUT2D eigenvalue weighted by Crippen LogP contribution is 2.26. The average Bonchev–Trinajstić information content (AvgIpc) is 2.68. The summed E-state index contributed by atoms with van der Waals surface area (Å²) in [5.74, 6) is 0. The number of benzene rings is 2. The Kier molecular flexibility index (Phi) is 4.38. The van der Waals surface area contributed by atoms with E-state index < -0.39 is 11.4 Å². The fourth-order valence-corrected chi connectivity index (χ4v) is 4.48. The first kappa shape index (κ1) is 15.4. The molecule has 0 radical (unpaired) electrons. The van der Waals surface area contributed by atoms with Crippen LogP contribution in [-0.2, 0) is 11.4 Å². The van der Waals surface area contributed by atoms with E-state index in [0.29, 0.717) is 0 Å². The van der Waals surface area contributed by atoms with Gasteiger partial charge in [-0.25, -0.2) is 0 Å². The smallest absolute Gasteiger partial charge is 0.182 e. The topological polar surface area (TPSA) is 42.4 Å². The van der Waals surface area contributed by atoms with Crippen molar-refractivity contribution in [2.45, 2.75) is 4.90 Å². The summed E-state index contributed by atoms with van der Waals surface area (Å²) in [5, 5.41) is 2.06. The van der Waals surface area contributed by atoms with Crippen LogP contribution in [0, 0.1) is 0 Å². The molecule has 1 atom stereocenters. The molecule has 4 rings (SSSR count). The quantitative estimate of drug-likeness (QED) is 0.689. The molecule has 1 unspecified atom stereocenters. The lowest BCUT2D eigenvalue weighted by Gasteiger charge is -2.35. The molecule has 1 aliphatic heterocycles. The summed E-state index contributed by atoms with van der Waals surface area (Å²) in [6.07, 6.45) is 3.58. The van der Waals surface area contributed by atoms with Gasteiger partial charge in [-0.1, -0.05) is 30.3 Å². The van der Waals surface area contributed by atoms with Gasteiger partial charge in [0.05, 0.1) is 24.5 Å². The van der Waals surface area contributed by atoms with Crippen LogP contribution < -0.4 is 4.90 Å². The largest absolute Gasteiger partial charge is 0.593 e. The van der Waals surface area contributed by atoms with Gasteiger partial charge in [-0.3, -0.25) is 4.98 Å². The van der Waals surface area contributed by atoms with Crippen molar-refractivity contribution in [3.05, 3.63) is 67.0 Å². The number of nitrogens with zero attached hydrogens (tertiary/aromatic N) is 3. The zero-order valence-corrected chi connectivity index (χ0v) is 14.2. The Morgan fingerprint density at radius 3 is 2.46 bits per heavy atom. The van der Waals surface area contributed by atoms with Crippen LogP contribution in [0.3, 0.4) is 0 Å². The predicted molar refractivity (Wildman–Crippen MR) is 98.4 cm³/mol. The average molecular weight is 337 g/mol. The highest BCUT2D eigenvalue weighted by molar-refractivity contribution is 7.89. The van der Waals surface area contributed by atoms with Crippen LogP contribution in [-0.4, -0.2) is 40.0 Å². The summed E-state index contributed by atoms with van der Waals surface area (Å²) in [6, 6.07) is 18.3. The van der Waals surface area contributed by atoms with E-state index in [-0.39, 0.29) is 0 Å². The Morgan fingerprint density at radius 1 is 0.875 bits per heavy atom. The molecule has 4 nitrogen and oxygen atoms in total. The maximum absolute atomic E-state index is 13.1. The third kappa shape index (κ3) is 2.98. The van der Waals surface area contributed by atoms with Gasteiger partial charge < -0.3 is 9.45 Å². The van der Waals surface area contributed by atoms with Crippen molar-refractivity contribution >= 4 is 27.8 Å². The van der Waals surface area contributed by atoms with Gasteiger partial charge in [0.15, 0.2) is 4.90 Å². The van der Waals surface area contributed by atoms with Crippen molar-refractivity contribution in [1.29, 1.82) is 0 Å². The van der Waals surface area contributed by atoms with Gasteiger partial charge in [0.2, 0.25) is 0 Å². The van der Waals surface area contributed by atoms with Crippen LogP contribution in [0.15, 0.2) is 71.9 Å². The second kappa shape index (κ2) is 6.81. The van der Waals surface area contributed by atoms with Crippen molar-refractivity contribution in [2.24, 2.45) is 0 Å². The van der Waals surface area contributed by atoms with Gasteiger partial charge in [-0.15, -0.1) is 4.31 Å². The van der Waals surface area contributed by atoms with Crippen LogP contribution in [0.2, 0.25) is 0 Å². The molecular formula is C19H19N3OS. The van der Waals surface area contributed by atoms with E-state index in [1.54, 1.807) is 6.20 Å². The first-order valence-electron chi connectivity index (χ1n) is 8.12. The monoisotopic (exact) mass is 337 g/mol. The maximum Gasteiger partial charge on any atom is 0.182 e. The number of rotatable bonds is 3. The Bertz CT molecular complexity index is 814. The zero-order valence-electron chi connectivity index (χ0n) is 13.3. The molecular weight excluding hydrogens is 318 g/mol. The van der Waals surface area contributed by atoms with Crippen LogP contribution in [0.5, 0.6) is 0 Å². The summed E-state index contributed by atoms with van der Waals surface area (Å²) in [6.45, 7) is 3.37. The second-order valence-corrected chi connectivity index (χ2v) is 7.31. The number of hydrogen-bond acceptors (Lipinski definition) is 4. The molecule has 0 aliphatic carbocycles. The van der Waals surface area contributed by atoms with Crippen molar-refractivity contribution < 1.29 is 4.55 Å². The molecule has 24 heavy (non-hydrogen) atoms. The lowest BCUT2D eigenvalue weighted by molar-refractivity contribution is 0.385. The Hall–Kier alpha value is -2.08. The highest BCUT2D eigenvalue weighted by atomic mass is 32.2. The van der Waals surface area contributed by atoms with Crippen LogP contribution >= 0.6 is 0 Å². The molecule has 1 fully saturated rings. The minimum atomic E-state index is -1.14. The summed E-state index contributed by atoms with van der Waals surface area (Å²) in [7, 11) is 0. The lowest BCUT2D eigenvalue weighted by Crippen LogP contribution is -2.48. The van der Waals surface area contributed by atoms with Gasteiger partial charge in [0, 0.05) is 41.9 Å². The molecule has 3 aromatic rings. The molecule has 0 N–H and O–H groups in total. The van der Waals surface area contributed by atoms with Crippen molar-refractivity contribution in [1.82, 2.24) is 9.29 Å². The fourth-order valence-electron chi connectivity index (χ4n) is 3.14. The molecule has 1 saturated heterocycles. The summed E-state index contributed by atoms with van der Waals surface area (Å²) < 4.78 is 15.1. The molecule has 2 aromatic carbocycles. The predicted octanol–water partition coefficient (Wildman–Crippen LogP) is 3.08. The summed E-state index contributed by atoms with van der Waals surface area (Å²) in [5.41, 5.74) is 1.24. The zero-order chi connectivity index (χ0) is 16.4. The van der Waals surface area contributed by atoms with Gasteiger partial charge in [-0.05, 0) is 24.3 Å². The maximum atomic E-state index is 13.1. The van der Waals surface area contributed by atoms with Crippen LogP contribution in [0.4, 0.5) is 5.69 Å². The molecule has 5 heteroatoms. The third-order valence-corrected chi connectivity index (χ3v) is 5.99. The van der Waals surface area contributed by atoms with E-state index in [1.165, 1.54) is 5.69 Å². The van der Waals surface area contributed by atoms with E-state index in [9.17, 15) is 4.55 Å². The summed E-state index contributed by atoms with van der Waals surface area (Å²) >= 11 is -1.14. The molecule has 1 aliphatic rings. The first-order chi connectivity index (χ1) is 11.8. The molecule has 122 valence electrons. The van der Waals surface area contributed by atoms with E-state index >= 15 is 0 Å². The van der Waals surface area contributed by atoms with Crippen molar-refractivity contribution in [3.8, 4) is 0 Å². The molecule has 1 aromatic heterocycles. The van der Waals surface area contributed by atoms with Crippen molar-refractivity contribution in [3.63, 3.8) is 0 Å². The molecule has 0 amide bonds. The van der Waals surface area contributed by atoms with E-state index in [2.05, 4.69) is 38.5 Å². The molecule has 0 bridgehead atoms. The normalized spacial score (nSPS) is 17.1. The number of piperazine rings is 1. The molecule has 0 saturated carbocycles. The fraction of sp³-hybridized carbons (Fsp3) is 0.211. The second-order valence-electron chi connectivity index (χ2n) is 5.85. The van der Waals surface area contributed by atoms with Crippen LogP contribution in [0.1, 0.15) is 0 Å². The third-order valence-electron chi connectivity index (χ3n) is 4.42. The van der Waals surface area contributed by atoms with Gasteiger partial charge in [0.25, 0.3) is 0 Å². The van der Waals surface area contributed by atoms with E-state index in [0.717, 1.165) is 41.8 Å². The number of aromatic nitrogens is 1. The van der Waals surface area contributed by atoms with Crippen LogP contribution in [0.25, 0.3) is 10.8 Å². The number of pyridine rings is 1. The Morgan fingerprint density at radius 2 is 1.67 bits per heavy atom. The minimum Gasteiger partial charge on any atom is -0.593 e. The van der Waals surface area contributed by atoms with E-state index in [4.69, 9.17) is 0 Å². The van der Waals surface area contributed by atoms with Gasteiger partial charge >= 0.3 is 0 Å². The minimum absolute atomic E-state index is 0.795. The Balaban J connectivity index is 1.51. The van der Waals surface area contributed by atoms with Gasteiger partial charge in [-0.2, -0.15) is 0 Å². The molecule has 0 spiro atoms. The lowest BCUT2D eigenvalue weighted by atomic mass is 10.2. The number of hydrogen-bond donors (Lipinski definition) is 0. The standard InChI is InChI=1S/C19H19N3OS/c23-24(19-8-4-5-16-15-20-10-9-18(16)19)22-13-11-21(12-14-22)17-6-2-1-3-7-17/h1-10,15H,11-14H2. The highest BCUT2D eigenvalue weighted by Gasteiger charge is 2.28. The Labute approximate surface area is 145 Å².